The fraction of sp³-hybridized carbons (Fsp3) is 0.133. The summed E-state index contributed by atoms with van der Waals surface area (Å²) in [6.07, 6.45) is 3.14. The van der Waals surface area contributed by atoms with Gasteiger partial charge in [-0.25, -0.2) is 0 Å². The summed E-state index contributed by atoms with van der Waals surface area (Å²) in [7, 11) is 0. The molecule has 2 amide bonds. The molecule has 0 spiro atoms. The van der Waals surface area contributed by atoms with E-state index in [4.69, 9.17) is 0 Å². The second-order valence-corrected chi connectivity index (χ2v) is 4.70. The van der Waals surface area contributed by atoms with Gasteiger partial charge in [-0.1, -0.05) is 0 Å². The monoisotopic (exact) mass is 267 g/mol. The number of anilines is 2. The number of fused-ring (bicyclic) bond motifs is 1. The van der Waals surface area contributed by atoms with Crippen LogP contribution in [0.4, 0.5) is 11.4 Å². The van der Waals surface area contributed by atoms with Gasteiger partial charge in [0.15, 0.2) is 0 Å². The van der Waals surface area contributed by atoms with Crippen LogP contribution in [0, 0.1) is 0 Å². The number of carbonyl (C=O) groups excluding carboxylic acids is 2. The number of nitrogens with zero attached hydrogens (tertiary/aromatic N) is 1. The van der Waals surface area contributed by atoms with Gasteiger partial charge in [0.05, 0.1) is 5.92 Å². The number of benzene rings is 1. The molecule has 2 aromatic rings. The smallest absolute Gasteiger partial charge is 0.255 e. The summed E-state index contributed by atoms with van der Waals surface area (Å²) in [4.78, 5) is 27.5. The molecule has 0 saturated carbocycles. The van der Waals surface area contributed by atoms with E-state index in [-0.39, 0.29) is 17.7 Å². The normalized spacial score (nSPS) is 16.4. The molecule has 0 bridgehead atoms. The van der Waals surface area contributed by atoms with Crippen molar-refractivity contribution in [1.29, 1.82) is 0 Å². The molecular weight excluding hydrogens is 254 g/mol. The first-order valence-corrected chi connectivity index (χ1v) is 6.31. The van der Waals surface area contributed by atoms with Crippen LogP contribution in [0.25, 0.3) is 0 Å². The molecule has 0 radical (unpaired) electrons. The predicted octanol–water partition coefficient (Wildman–Crippen LogP) is 2.39. The van der Waals surface area contributed by atoms with Crippen LogP contribution >= 0.6 is 0 Å². The van der Waals surface area contributed by atoms with Crippen LogP contribution in [0.2, 0.25) is 0 Å². The van der Waals surface area contributed by atoms with Crippen LogP contribution in [0.15, 0.2) is 42.7 Å². The number of carbonyl (C=O) groups is 2. The van der Waals surface area contributed by atoms with Crippen LogP contribution in [0.1, 0.15) is 28.8 Å². The number of pyridine rings is 1. The minimum Gasteiger partial charge on any atom is -0.325 e. The second kappa shape index (κ2) is 4.77. The number of amides is 2. The third-order valence-electron chi connectivity index (χ3n) is 3.37. The van der Waals surface area contributed by atoms with Gasteiger partial charge >= 0.3 is 0 Å². The molecule has 5 heteroatoms. The second-order valence-electron chi connectivity index (χ2n) is 4.70. The molecule has 1 aliphatic heterocycles. The van der Waals surface area contributed by atoms with Crippen LogP contribution < -0.4 is 10.6 Å². The van der Waals surface area contributed by atoms with E-state index < -0.39 is 0 Å². The Morgan fingerprint density at radius 1 is 1.25 bits per heavy atom. The average molecular weight is 267 g/mol. The highest BCUT2D eigenvalue weighted by molar-refractivity contribution is 6.06. The van der Waals surface area contributed by atoms with Gasteiger partial charge in [0.2, 0.25) is 5.91 Å². The maximum atomic E-state index is 12.0. The Labute approximate surface area is 116 Å². The summed E-state index contributed by atoms with van der Waals surface area (Å²) < 4.78 is 0. The molecule has 5 nitrogen and oxygen atoms in total. The maximum Gasteiger partial charge on any atom is 0.255 e. The summed E-state index contributed by atoms with van der Waals surface area (Å²) >= 11 is 0. The minimum absolute atomic E-state index is 0.0161. The SMILES string of the molecule is CC1C(=O)Nc2ccc(NC(=O)c3ccncc3)cc21. The number of aromatic nitrogens is 1. The summed E-state index contributed by atoms with van der Waals surface area (Å²) in [5, 5.41) is 5.62. The number of rotatable bonds is 2. The zero-order valence-corrected chi connectivity index (χ0v) is 10.9. The summed E-state index contributed by atoms with van der Waals surface area (Å²) in [5.74, 6) is -0.405. The van der Waals surface area contributed by atoms with Crippen molar-refractivity contribution in [1.82, 2.24) is 4.98 Å². The third-order valence-corrected chi connectivity index (χ3v) is 3.37. The first-order valence-electron chi connectivity index (χ1n) is 6.31. The van der Waals surface area contributed by atoms with E-state index >= 15 is 0 Å². The Hall–Kier alpha value is -2.69. The highest BCUT2D eigenvalue weighted by Crippen LogP contribution is 2.34. The lowest BCUT2D eigenvalue weighted by molar-refractivity contribution is -0.116. The number of hydrogen-bond acceptors (Lipinski definition) is 3. The van der Waals surface area contributed by atoms with Crippen LogP contribution in [0.5, 0.6) is 0 Å². The van der Waals surface area contributed by atoms with Crippen molar-refractivity contribution in [2.24, 2.45) is 0 Å². The first kappa shape index (κ1) is 12.3. The molecule has 1 aromatic carbocycles. The highest BCUT2D eigenvalue weighted by atomic mass is 16.2. The fourth-order valence-electron chi connectivity index (χ4n) is 2.20. The van der Waals surface area contributed by atoms with E-state index in [0.717, 1.165) is 11.3 Å². The number of nitrogens with one attached hydrogen (secondary N) is 2. The molecule has 1 aliphatic rings. The van der Waals surface area contributed by atoms with E-state index in [9.17, 15) is 9.59 Å². The summed E-state index contributed by atoms with van der Waals surface area (Å²) in [5.41, 5.74) is 2.93. The van der Waals surface area contributed by atoms with Crippen molar-refractivity contribution in [2.75, 3.05) is 10.6 Å². The van der Waals surface area contributed by atoms with Gasteiger partial charge in [-0.15, -0.1) is 0 Å². The highest BCUT2D eigenvalue weighted by Gasteiger charge is 2.26. The zero-order valence-electron chi connectivity index (χ0n) is 10.9. The van der Waals surface area contributed by atoms with E-state index in [1.54, 1.807) is 36.7 Å². The molecule has 1 aromatic heterocycles. The van der Waals surface area contributed by atoms with Gasteiger partial charge in [-0.3, -0.25) is 14.6 Å². The van der Waals surface area contributed by atoms with Crippen molar-refractivity contribution in [3.8, 4) is 0 Å². The van der Waals surface area contributed by atoms with Gasteiger partial charge in [0.25, 0.3) is 5.91 Å². The lowest BCUT2D eigenvalue weighted by atomic mass is 10.0. The molecule has 3 rings (SSSR count). The van der Waals surface area contributed by atoms with Gasteiger partial charge in [-0.2, -0.15) is 0 Å². The van der Waals surface area contributed by atoms with Crippen LogP contribution in [-0.4, -0.2) is 16.8 Å². The molecule has 100 valence electrons. The standard InChI is InChI=1S/C15H13N3O2/c1-9-12-8-11(2-3-13(12)18-14(9)19)17-15(20)10-4-6-16-7-5-10/h2-9H,1H3,(H,17,20)(H,18,19). The first-order chi connectivity index (χ1) is 9.65. The Balaban J connectivity index is 1.83. The minimum atomic E-state index is -0.197. The largest absolute Gasteiger partial charge is 0.325 e. The van der Waals surface area contributed by atoms with Crippen molar-refractivity contribution in [3.63, 3.8) is 0 Å². The van der Waals surface area contributed by atoms with E-state index in [0.29, 0.717) is 11.3 Å². The van der Waals surface area contributed by atoms with Gasteiger partial charge in [0, 0.05) is 29.3 Å². The summed E-state index contributed by atoms with van der Waals surface area (Å²) in [6.45, 7) is 1.84. The molecule has 0 fully saturated rings. The molecule has 2 heterocycles. The lowest BCUT2D eigenvalue weighted by Gasteiger charge is -2.08. The van der Waals surface area contributed by atoms with Crippen LogP contribution in [-0.2, 0) is 4.79 Å². The van der Waals surface area contributed by atoms with E-state index in [2.05, 4.69) is 15.6 Å². The molecular formula is C15H13N3O2. The predicted molar refractivity (Wildman–Crippen MR) is 75.7 cm³/mol. The van der Waals surface area contributed by atoms with Crippen molar-refractivity contribution < 1.29 is 9.59 Å². The summed E-state index contributed by atoms with van der Waals surface area (Å²) in [6, 6.07) is 8.71. The van der Waals surface area contributed by atoms with E-state index in [1.807, 2.05) is 13.0 Å². The van der Waals surface area contributed by atoms with Crippen molar-refractivity contribution in [2.45, 2.75) is 12.8 Å². The van der Waals surface area contributed by atoms with E-state index in [1.165, 1.54) is 0 Å². The van der Waals surface area contributed by atoms with Gasteiger partial charge in [0.1, 0.15) is 0 Å². The zero-order chi connectivity index (χ0) is 14.1. The average Bonchev–Trinajstić information content (AvgIpc) is 2.75. The molecule has 1 unspecified atom stereocenters. The van der Waals surface area contributed by atoms with Gasteiger partial charge in [-0.05, 0) is 42.8 Å². The Morgan fingerprint density at radius 3 is 2.75 bits per heavy atom. The molecule has 2 N–H and O–H groups in total. The van der Waals surface area contributed by atoms with Crippen molar-refractivity contribution >= 4 is 23.2 Å². The maximum absolute atomic E-state index is 12.0. The van der Waals surface area contributed by atoms with Crippen molar-refractivity contribution in [3.05, 3.63) is 53.9 Å². The third kappa shape index (κ3) is 2.14. The Bertz CT molecular complexity index is 683. The topological polar surface area (TPSA) is 71.1 Å². The quantitative estimate of drug-likeness (QED) is 0.877. The molecule has 0 saturated heterocycles. The number of hydrogen-bond donors (Lipinski definition) is 2. The fourth-order valence-corrected chi connectivity index (χ4v) is 2.20. The van der Waals surface area contributed by atoms with Crippen LogP contribution in [0.3, 0.4) is 0 Å². The Kier molecular flexibility index (Phi) is 2.95. The van der Waals surface area contributed by atoms with Gasteiger partial charge < -0.3 is 10.6 Å². The lowest BCUT2D eigenvalue weighted by Crippen LogP contribution is -2.12. The molecule has 20 heavy (non-hydrogen) atoms. The molecule has 0 aliphatic carbocycles. The Morgan fingerprint density at radius 2 is 2.00 bits per heavy atom. The molecule has 1 atom stereocenters.